The second-order valence-corrected chi connectivity index (χ2v) is 4.13. The van der Waals surface area contributed by atoms with Crippen molar-refractivity contribution in [3.05, 3.63) is 23.9 Å². The molecule has 0 aromatic carbocycles. The van der Waals surface area contributed by atoms with Gasteiger partial charge in [0.2, 0.25) is 0 Å². The molecule has 2 aromatic rings. The van der Waals surface area contributed by atoms with Crippen LogP contribution >= 0.6 is 0 Å². The van der Waals surface area contributed by atoms with Gasteiger partial charge in [0, 0.05) is 24.7 Å². The van der Waals surface area contributed by atoms with Gasteiger partial charge in [-0.1, -0.05) is 0 Å². The molecule has 0 radical (unpaired) electrons. The average Bonchev–Trinajstić information content (AvgIpc) is 2.56. The Balaban J connectivity index is 2.71. The number of nitrogens with zero attached hydrogens (tertiary/aromatic N) is 2. The van der Waals surface area contributed by atoms with Gasteiger partial charge >= 0.3 is 0 Å². The SMILES string of the molecule is CNc1ccc2c(C)cn(C(C)C)c2n1. The van der Waals surface area contributed by atoms with Crippen LogP contribution in [0.2, 0.25) is 0 Å². The average molecular weight is 203 g/mol. The van der Waals surface area contributed by atoms with E-state index in [4.69, 9.17) is 0 Å². The summed E-state index contributed by atoms with van der Waals surface area (Å²) in [6.45, 7) is 6.47. The maximum atomic E-state index is 4.59. The molecule has 2 aromatic heterocycles. The van der Waals surface area contributed by atoms with Gasteiger partial charge in [-0.3, -0.25) is 0 Å². The number of nitrogens with one attached hydrogen (secondary N) is 1. The first kappa shape index (κ1) is 10.0. The molecule has 80 valence electrons. The lowest BCUT2D eigenvalue weighted by molar-refractivity contribution is 0.617. The Morgan fingerprint density at radius 2 is 2.07 bits per heavy atom. The summed E-state index contributed by atoms with van der Waals surface area (Å²) in [5.41, 5.74) is 2.35. The summed E-state index contributed by atoms with van der Waals surface area (Å²) in [6, 6.07) is 4.59. The van der Waals surface area contributed by atoms with E-state index in [2.05, 4.69) is 47.9 Å². The summed E-state index contributed by atoms with van der Waals surface area (Å²) in [4.78, 5) is 4.59. The second-order valence-electron chi connectivity index (χ2n) is 4.13. The standard InChI is InChI=1S/C12H17N3/c1-8(2)15-7-9(3)10-5-6-11(13-4)14-12(10)15/h5-8H,1-4H3,(H,13,14). The predicted molar refractivity (Wildman–Crippen MR) is 64.4 cm³/mol. The van der Waals surface area contributed by atoms with Crippen LogP contribution in [0.5, 0.6) is 0 Å². The van der Waals surface area contributed by atoms with Gasteiger partial charge in [0.15, 0.2) is 0 Å². The lowest BCUT2D eigenvalue weighted by Gasteiger charge is -2.08. The fourth-order valence-electron chi connectivity index (χ4n) is 1.83. The van der Waals surface area contributed by atoms with E-state index in [0.717, 1.165) is 11.5 Å². The van der Waals surface area contributed by atoms with Crippen molar-refractivity contribution in [2.24, 2.45) is 0 Å². The molecule has 0 atom stereocenters. The summed E-state index contributed by atoms with van der Waals surface area (Å²) in [5.74, 6) is 0.919. The maximum Gasteiger partial charge on any atom is 0.142 e. The molecule has 15 heavy (non-hydrogen) atoms. The number of pyridine rings is 1. The van der Waals surface area contributed by atoms with E-state index in [1.54, 1.807) is 0 Å². The Morgan fingerprint density at radius 1 is 1.33 bits per heavy atom. The van der Waals surface area contributed by atoms with E-state index in [0.29, 0.717) is 6.04 Å². The third-order valence-corrected chi connectivity index (χ3v) is 2.69. The Bertz CT molecular complexity index is 483. The lowest BCUT2D eigenvalue weighted by Crippen LogP contribution is -2.01. The van der Waals surface area contributed by atoms with Crippen LogP contribution in [-0.4, -0.2) is 16.6 Å². The molecule has 0 saturated heterocycles. The van der Waals surface area contributed by atoms with E-state index < -0.39 is 0 Å². The number of aryl methyl sites for hydroxylation is 1. The third-order valence-electron chi connectivity index (χ3n) is 2.69. The van der Waals surface area contributed by atoms with Gasteiger partial charge in [-0.15, -0.1) is 0 Å². The van der Waals surface area contributed by atoms with Crippen LogP contribution in [0.1, 0.15) is 25.5 Å². The summed E-state index contributed by atoms with van der Waals surface area (Å²) >= 11 is 0. The Kier molecular flexibility index (Phi) is 2.39. The van der Waals surface area contributed by atoms with Gasteiger partial charge in [0.1, 0.15) is 11.5 Å². The minimum Gasteiger partial charge on any atom is -0.373 e. The van der Waals surface area contributed by atoms with Crippen LogP contribution in [-0.2, 0) is 0 Å². The number of rotatable bonds is 2. The molecule has 0 amide bonds. The molecule has 0 bridgehead atoms. The van der Waals surface area contributed by atoms with Crippen molar-refractivity contribution in [3.8, 4) is 0 Å². The molecular weight excluding hydrogens is 186 g/mol. The fourth-order valence-corrected chi connectivity index (χ4v) is 1.83. The Morgan fingerprint density at radius 3 is 2.67 bits per heavy atom. The molecule has 0 saturated carbocycles. The van der Waals surface area contributed by atoms with E-state index in [-0.39, 0.29) is 0 Å². The smallest absolute Gasteiger partial charge is 0.142 e. The molecule has 0 fully saturated rings. The molecule has 2 rings (SSSR count). The summed E-state index contributed by atoms with van der Waals surface area (Å²) in [7, 11) is 1.89. The van der Waals surface area contributed by atoms with Gasteiger partial charge in [-0.05, 0) is 38.5 Å². The van der Waals surface area contributed by atoms with E-state index >= 15 is 0 Å². The molecule has 0 aliphatic heterocycles. The molecule has 0 aliphatic carbocycles. The first-order chi connectivity index (χ1) is 7.13. The number of hydrogen-bond donors (Lipinski definition) is 1. The molecule has 3 nitrogen and oxygen atoms in total. The van der Waals surface area contributed by atoms with Crippen LogP contribution < -0.4 is 5.32 Å². The highest BCUT2D eigenvalue weighted by Gasteiger charge is 2.09. The highest BCUT2D eigenvalue weighted by atomic mass is 15.1. The zero-order valence-electron chi connectivity index (χ0n) is 9.70. The molecule has 0 aliphatic rings. The second kappa shape index (κ2) is 3.57. The van der Waals surface area contributed by atoms with Crippen LogP contribution in [0.15, 0.2) is 18.3 Å². The van der Waals surface area contributed by atoms with Gasteiger partial charge in [0.25, 0.3) is 0 Å². The molecule has 0 unspecified atom stereocenters. The third kappa shape index (κ3) is 1.58. The van der Waals surface area contributed by atoms with Gasteiger partial charge in [-0.25, -0.2) is 4.98 Å². The van der Waals surface area contributed by atoms with Gasteiger partial charge < -0.3 is 9.88 Å². The van der Waals surface area contributed by atoms with Gasteiger partial charge in [-0.2, -0.15) is 0 Å². The number of anilines is 1. The quantitative estimate of drug-likeness (QED) is 0.813. The zero-order valence-corrected chi connectivity index (χ0v) is 9.70. The maximum absolute atomic E-state index is 4.59. The minimum atomic E-state index is 0.445. The molecule has 2 heterocycles. The summed E-state index contributed by atoms with van der Waals surface area (Å²) < 4.78 is 2.21. The van der Waals surface area contributed by atoms with Crippen LogP contribution in [0, 0.1) is 6.92 Å². The predicted octanol–water partition coefficient (Wildman–Crippen LogP) is 2.97. The van der Waals surface area contributed by atoms with Crippen molar-refractivity contribution < 1.29 is 0 Å². The highest BCUT2D eigenvalue weighted by molar-refractivity contribution is 5.82. The van der Waals surface area contributed by atoms with E-state index in [1.165, 1.54) is 10.9 Å². The number of fused-ring (bicyclic) bond motifs is 1. The van der Waals surface area contributed by atoms with Crippen LogP contribution in [0.3, 0.4) is 0 Å². The van der Waals surface area contributed by atoms with Crippen LogP contribution in [0.25, 0.3) is 11.0 Å². The summed E-state index contributed by atoms with van der Waals surface area (Å²) in [5, 5.41) is 4.31. The zero-order chi connectivity index (χ0) is 11.0. The minimum absolute atomic E-state index is 0.445. The van der Waals surface area contributed by atoms with Crippen molar-refractivity contribution in [3.63, 3.8) is 0 Å². The number of aromatic nitrogens is 2. The molecular formula is C12H17N3. The van der Waals surface area contributed by atoms with Crippen molar-refractivity contribution in [2.45, 2.75) is 26.8 Å². The monoisotopic (exact) mass is 203 g/mol. The van der Waals surface area contributed by atoms with E-state index in [1.807, 2.05) is 13.1 Å². The normalized spacial score (nSPS) is 11.3. The van der Waals surface area contributed by atoms with Crippen molar-refractivity contribution in [2.75, 3.05) is 12.4 Å². The Labute approximate surface area is 90.1 Å². The largest absolute Gasteiger partial charge is 0.373 e. The fraction of sp³-hybridized carbons (Fsp3) is 0.417. The number of hydrogen-bond acceptors (Lipinski definition) is 2. The highest BCUT2D eigenvalue weighted by Crippen LogP contribution is 2.23. The molecule has 0 spiro atoms. The molecule has 1 N–H and O–H groups in total. The summed E-state index contributed by atoms with van der Waals surface area (Å²) in [6.07, 6.45) is 2.17. The first-order valence-electron chi connectivity index (χ1n) is 5.29. The van der Waals surface area contributed by atoms with Crippen molar-refractivity contribution in [1.82, 2.24) is 9.55 Å². The first-order valence-corrected chi connectivity index (χ1v) is 5.29. The van der Waals surface area contributed by atoms with Crippen molar-refractivity contribution >= 4 is 16.9 Å². The van der Waals surface area contributed by atoms with Crippen molar-refractivity contribution in [1.29, 1.82) is 0 Å². The lowest BCUT2D eigenvalue weighted by atomic mass is 10.2. The van der Waals surface area contributed by atoms with Crippen LogP contribution in [0.4, 0.5) is 5.82 Å². The Hall–Kier alpha value is -1.51. The van der Waals surface area contributed by atoms with Gasteiger partial charge in [0.05, 0.1) is 0 Å². The topological polar surface area (TPSA) is 29.9 Å². The van der Waals surface area contributed by atoms with E-state index in [9.17, 15) is 0 Å². The molecule has 3 heteroatoms.